The van der Waals surface area contributed by atoms with E-state index in [0.717, 1.165) is 31.0 Å². The first-order valence-electron chi connectivity index (χ1n) is 6.64. The fourth-order valence-corrected chi connectivity index (χ4v) is 4.29. The van der Waals surface area contributed by atoms with Gasteiger partial charge >= 0.3 is 0 Å². The lowest BCUT2D eigenvalue weighted by Gasteiger charge is -2.28. The Kier molecular flexibility index (Phi) is 4.72. The first kappa shape index (κ1) is 15.3. The van der Waals surface area contributed by atoms with Crippen LogP contribution < -0.4 is 5.73 Å². The third-order valence-electron chi connectivity index (χ3n) is 3.58. The largest absolute Gasteiger partial charge is 0.329 e. The summed E-state index contributed by atoms with van der Waals surface area (Å²) in [5, 5.41) is 0. The summed E-state index contributed by atoms with van der Waals surface area (Å²) >= 11 is 0. The highest BCUT2D eigenvalue weighted by Gasteiger charge is 2.33. The van der Waals surface area contributed by atoms with Crippen molar-refractivity contribution in [1.29, 1.82) is 0 Å². The Morgan fingerprint density at radius 3 is 2.70 bits per heavy atom. The minimum Gasteiger partial charge on any atom is -0.329 e. The van der Waals surface area contributed by atoms with Gasteiger partial charge in [-0.1, -0.05) is 12.8 Å². The Morgan fingerprint density at radius 2 is 2.00 bits per heavy atom. The van der Waals surface area contributed by atoms with Crippen LogP contribution in [0.1, 0.15) is 25.7 Å². The first-order chi connectivity index (χ1) is 9.46. The van der Waals surface area contributed by atoms with Crippen molar-refractivity contribution in [3.63, 3.8) is 0 Å². The number of benzene rings is 1. The average Bonchev–Trinajstić information content (AvgIpc) is 2.66. The molecular formula is C13H18F2N2O2S. The van der Waals surface area contributed by atoms with E-state index in [1.165, 1.54) is 4.31 Å². The summed E-state index contributed by atoms with van der Waals surface area (Å²) < 4.78 is 53.3. The minimum absolute atomic E-state index is 0.177. The van der Waals surface area contributed by atoms with Crippen LogP contribution >= 0.6 is 0 Å². The predicted octanol–water partition coefficient (Wildman–Crippen LogP) is 1.86. The van der Waals surface area contributed by atoms with Gasteiger partial charge in [0, 0.05) is 19.1 Å². The lowest BCUT2D eigenvalue weighted by molar-refractivity contribution is 0.326. The minimum atomic E-state index is -4.06. The zero-order chi connectivity index (χ0) is 14.8. The monoisotopic (exact) mass is 304 g/mol. The van der Waals surface area contributed by atoms with E-state index in [1.807, 2.05) is 0 Å². The molecule has 0 spiro atoms. The highest BCUT2D eigenvalue weighted by atomic mass is 32.2. The molecule has 1 aromatic carbocycles. The zero-order valence-electron chi connectivity index (χ0n) is 11.1. The van der Waals surface area contributed by atoms with Crippen molar-refractivity contribution >= 4 is 10.0 Å². The molecule has 0 radical (unpaired) electrons. The molecule has 2 N–H and O–H groups in total. The summed E-state index contributed by atoms with van der Waals surface area (Å²) in [6.07, 6.45) is 3.15. The highest BCUT2D eigenvalue weighted by Crippen LogP contribution is 2.26. The number of hydrogen-bond donors (Lipinski definition) is 1. The smallest absolute Gasteiger partial charge is 0.246 e. The van der Waals surface area contributed by atoms with Crippen LogP contribution in [0.15, 0.2) is 23.1 Å². The Morgan fingerprint density at radius 1 is 1.25 bits per heavy atom. The summed E-state index contributed by atoms with van der Waals surface area (Å²) in [5.41, 5.74) is 5.63. The van der Waals surface area contributed by atoms with Crippen molar-refractivity contribution in [3.8, 4) is 0 Å². The van der Waals surface area contributed by atoms with Gasteiger partial charge in [0.2, 0.25) is 10.0 Å². The molecule has 20 heavy (non-hydrogen) atoms. The standard InChI is InChI=1S/C13H18F2N2O2S/c14-10-5-6-12(15)13(8-10)20(18,19)17-7-3-1-2-4-11(17)9-16/h5-6,8,11H,1-4,7,9,16H2. The average molecular weight is 304 g/mol. The third kappa shape index (κ3) is 2.99. The predicted molar refractivity (Wildman–Crippen MR) is 71.6 cm³/mol. The number of sulfonamides is 1. The number of rotatable bonds is 3. The summed E-state index contributed by atoms with van der Waals surface area (Å²) in [7, 11) is -4.06. The van der Waals surface area contributed by atoms with Crippen LogP contribution in [0.3, 0.4) is 0 Å². The fourth-order valence-electron chi connectivity index (χ4n) is 2.50. The van der Waals surface area contributed by atoms with E-state index in [9.17, 15) is 17.2 Å². The molecule has 0 saturated carbocycles. The molecule has 1 aliphatic rings. The van der Waals surface area contributed by atoms with E-state index in [-0.39, 0.29) is 12.6 Å². The SMILES string of the molecule is NCC1CCCCCN1S(=O)(=O)c1cc(F)ccc1F. The summed E-state index contributed by atoms with van der Waals surface area (Å²) in [6, 6.07) is 2.10. The zero-order valence-corrected chi connectivity index (χ0v) is 11.9. The Balaban J connectivity index is 2.44. The van der Waals surface area contributed by atoms with Crippen molar-refractivity contribution in [2.45, 2.75) is 36.6 Å². The van der Waals surface area contributed by atoms with Crippen LogP contribution in [0.25, 0.3) is 0 Å². The van der Waals surface area contributed by atoms with E-state index < -0.39 is 26.6 Å². The van der Waals surface area contributed by atoms with E-state index in [2.05, 4.69) is 0 Å². The van der Waals surface area contributed by atoms with Crippen LogP contribution in [0.5, 0.6) is 0 Å². The molecule has 0 aromatic heterocycles. The van der Waals surface area contributed by atoms with Gasteiger partial charge in [0.05, 0.1) is 0 Å². The molecule has 0 bridgehead atoms. The van der Waals surface area contributed by atoms with Crippen molar-refractivity contribution in [1.82, 2.24) is 4.31 Å². The summed E-state index contributed by atoms with van der Waals surface area (Å²) in [5.74, 6) is -1.71. The van der Waals surface area contributed by atoms with Gasteiger partial charge in [-0.25, -0.2) is 17.2 Å². The Hall–Kier alpha value is -1.05. The lowest BCUT2D eigenvalue weighted by Crippen LogP contribution is -2.44. The summed E-state index contributed by atoms with van der Waals surface area (Å²) in [4.78, 5) is -0.613. The second kappa shape index (κ2) is 6.15. The van der Waals surface area contributed by atoms with Gasteiger partial charge in [-0.2, -0.15) is 4.31 Å². The number of hydrogen-bond acceptors (Lipinski definition) is 3. The van der Waals surface area contributed by atoms with Crippen molar-refractivity contribution in [2.75, 3.05) is 13.1 Å². The molecule has 1 aromatic rings. The molecule has 1 unspecified atom stereocenters. The van der Waals surface area contributed by atoms with Crippen LogP contribution in [0, 0.1) is 11.6 Å². The second-order valence-corrected chi connectivity index (χ2v) is 6.79. The second-order valence-electron chi connectivity index (χ2n) is 4.93. The molecule has 112 valence electrons. The van der Waals surface area contributed by atoms with Crippen LogP contribution in [0.4, 0.5) is 8.78 Å². The Labute approximate surface area is 117 Å². The van der Waals surface area contributed by atoms with Gasteiger partial charge in [-0.15, -0.1) is 0 Å². The quantitative estimate of drug-likeness (QED) is 0.927. The van der Waals surface area contributed by atoms with E-state index in [0.29, 0.717) is 19.4 Å². The molecule has 1 aliphatic heterocycles. The van der Waals surface area contributed by atoms with Crippen LogP contribution in [0.2, 0.25) is 0 Å². The Bertz CT molecular complexity index is 578. The van der Waals surface area contributed by atoms with Gasteiger partial charge in [0.1, 0.15) is 16.5 Å². The molecule has 1 saturated heterocycles. The number of nitrogens with zero attached hydrogens (tertiary/aromatic N) is 1. The maximum atomic E-state index is 13.7. The van der Waals surface area contributed by atoms with Crippen LogP contribution in [-0.2, 0) is 10.0 Å². The van der Waals surface area contributed by atoms with Crippen molar-refractivity contribution < 1.29 is 17.2 Å². The maximum Gasteiger partial charge on any atom is 0.246 e. The lowest BCUT2D eigenvalue weighted by atomic mass is 10.1. The van der Waals surface area contributed by atoms with Gasteiger partial charge in [0.15, 0.2) is 0 Å². The molecule has 1 fully saturated rings. The normalized spacial score (nSPS) is 21.6. The number of halogens is 2. The van der Waals surface area contributed by atoms with Crippen molar-refractivity contribution in [3.05, 3.63) is 29.8 Å². The molecule has 1 heterocycles. The van der Waals surface area contributed by atoms with E-state index >= 15 is 0 Å². The molecular weight excluding hydrogens is 286 g/mol. The van der Waals surface area contributed by atoms with E-state index in [4.69, 9.17) is 5.73 Å². The fraction of sp³-hybridized carbons (Fsp3) is 0.538. The number of nitrogens with two attached hydrogens (primary N) is 1. The van der Waals surface area contributed by atoms with Gasteiger partial charge in [-0.3, -0.25) is 0 Å². The molecule has 2 rings (SSSR count). The first-order valence-corrected chi connectivity index (χ1v) is 8.08. The van der Waals surface area contributed by atoms with Gasteiger partial charge < -0.3 is 5.73 Å². The van der Waals surface area contributed by atoms with Gasteiger partial charge in [0.25, 0.3) is 0 Å². The molecule has 0 amide bonds. The third-order valence-corrected chi connectivity index (χ3v) is 5.54. The molecule has 1 atom stereocenters. The topological polar surface area (TPSA) is 63.4 Å². The van der Waals surface area contributed by atoms with E-state index in [1.54, 1.807) is 0 Å². The highest BCUT2D eigenvalue weighted by molar-refractivity contribution is 7.89. The molecule has 4 nitrogen and oxygen atoms in total. The molecule has 7 heteroatoms. The van der Waals surface area contributed by atoms with Crippen LogP contribution in [-0.4, -0.2) is 31.9 Å². The van der Waals surface area contributed by atoms with Crippen molar-refractivity contribution in [2.24, 2.45) is 5.73 Å². The molecule has 0 aliphatic carbocycles. The maximum absolute atomic E-state index is 13.7. The van der Waals surface area contributed by atoms with Gasteiger partial charge in [-0.05, 0) is 31.0 Å². The summed E-state index contributed by atoms with van der Waals surface area (Å²) in [6.45, 7) is 0.469.